The first kappa shape index (κ1) is 16.0. The van der Waals surface area contributed by atoms with Crippen LogP contribution in [0.2, 0.25) is 0 Å². The van der Waals surface area contributed by atoms with E-state index in [4.69, 9.17) is 4.74 Å². The molecule has 0 aliphatic heterocycles. The van der Waals surface area contributed by atoms with Crippen LogP contribution in [0.5, 0.6) is 0 Å². The van der Waals surface area contributed by atoms with Crippen LogP contribution >= 0.6 is 15.9 Å². The number of aryl methyl sites for hydroxylation is 1. The molecule has 0 heterocycles. The van der Waals surface area contributed by atoms with Gasteiger partial charge in [0.2, 0.25) is 0 Å². The van der Waals surface area contributed by atoms with Crippen molar-refractivity contribution in [1.82, 2.24) is 5.32 Å². The third-order valence-electron chi connectivity index (χ3n) is 3.97. The Morgan fingerprint density at radius 3 is 2.80 bits per heavy atom. The summed E-state index contributed by atoms with van der Waals surface area (Å²) < 4.78 is 7.11. The molecule has 0 amide bonds. The largest absolute Gasteiger partial charge is 0.378 e. The summed E-state index contributed by atoms with van der Waals surface area (Å²) >= 11 is 3.58. The van der Waals surface area contributed by atoms with Gasteiger partial charge in [-0.2, -0.15) is 0 Å². The summed E-state index contributed by atoms with van der Waals surface area (Å²) in [5.74, 6) is 0. The van der Waals surface area contributed by atoms with E-state index in [0.29, 0.717) is 6.10 Å². The van der Waals surface area contributed by atoms with E-state index >= 15 is 0 Å². The number of halogens is 1. The van der Waals surface area contributed by atoms with Crippen LogP contribution in [0.1, 0.15) is 49.7 Å². The minimum absolute atomic E-state index is 0.539. The fourth-order valence-electron chi connectivity index (χ4n) is 2.66. The summed E-state index contributed by atoms with van der Waals surface area (Å²) in [7, 11) is 0. The van der Waals surface area contributed by atoms with Crippen LogP contribution in [0.4, 0.5) is 0 Å². The molecule has 0 radical (unpaired) electrons. The van der Waals surface area contributed by atoms with E-state index in [1.165, 1.54) is 47.7 Å². The Morgan fingerprint density at radius 1 is 1.25 bits per heavy atom. The Morgan fingerprint density at radius 2 is 2.05 bits per heavy atom. The summed E-state index contributed by atoms with van der Waals surface area (Å²) in [4.78, 5) is 0. The maximum atomic E-state index is 5.92. The van der Waals surface area contributed by atoms with Crippen LogP contribution in [0.15, 0.2) is 22.7 Å². The number of benzene rings is 1. The first-order valence-electron chi connectivity index (χ1n) is 7.83. The zero-order valence-corrected chi connectivity index (χ0v) is 14.0. The van der Waals surface area contributed by atoms with Crippen LogP contribution in [0.25, 0.3) is 0 Å². The van der Waals surface area contributed by atoms with Crippen molar-refractivity contribution in [3.05, 3.63) is 33.8 Å². The van der Waals surface area contributed by atoms with Crippen LogP contribution in [0.3, 0.4) is 0 Å². The Kier molecular flexibility index (Phi) is 7.05. The van der Waals surface area contributed by atoms with E-state index in [1.807, 2.05) is 0 Å². The van der Waals surface area contributed by atoms with Gasteiger partial charge in [0.15, 0.2) is 0 Å². The maximum Gasteiger partial charge on any atom is 0.0575 e. The summed E-state index contributed by atoms with van der Waals surface area (Å²) in [5.41, 5.74) is 2.62. The van der Waals surface area contributed by atoms with Crippen LogP contribution in [-0.4, -0.2) is 19.3 Å². The van der Waals surface area contributed by atoms with Crippen LogP contribution in [0, 0.1) is 6.92 Å². The van der Waals surface area contributed by atoms with Gasteiger partial charge in [-0.25, -0.2) is 0 Å². The normalized spacial score (nSPS) is 16.5. The topological polar surface area (TPSA) is 21.3 Å². The zero-order valence-electron chi connectivity index (χ0n) is 12.5. The van der Waals surface area contributed by atoms with E-state index in [0.717, 1.165) is 26.1 Å². The molecule has 1 saturated carbocycles. The molecular formula is C17H26BrNO. The van der Waals surface area contributed by atoms with Gasteiger partial charge in [0.05, 0.1) is 6.10 Å². The van der Waals surface area contributed by atoms with Gasteiger partial charge in [-0.3, -0.25) is 0 Å². The lowest BCUT2D eigenvalue weighted by atomic mass is 9.98. The maximum absolute atomic E-state index is 5.92. The van der Waals surface area contributed by atoms with Gasteiger partial charge in [-0.05, 0) is 49.9 Å². The molecule has 20 heavy (non-hydrogen) atoms. The Labute approximate surface area is 131 Å². The number of hydrogen-bond acceptors (Lipinski definition) is 2. The van der Waals surface area contributed by atoms with Gasteiger partial charge in [0.1, 0.15) is 0 Å². The van der Waals surface area contributed by atoms with E-state index < -0.39 is 0 Å². The van der Waals surface area contributed by atoms with E-state index in [-0.39, 0.29) is 0 Å². The third kappa shape index (κ3) is 5.55. The van der Waals surface area contributed by atoms with Crippen molar-refractivity contribution in [3.63, 3.8) is 0 Å². The lowest BCUT2D eigenvalue weighted by Crippen LogP contribution is -2.20. The number of rotatable bonds is 7. The van der Waals surface area contributed by atoms with E-state index in [1.54, 1.807) is 0 Å². The molecule has 1 aliphatic carbocycles. The summed E-state index contributed by atoms with van der Waals surface area (Å²) in [6.07, 6.45) is 8.28. The average molecular weight is 340 g/mol. The molecule has 1 N–H and O–H groups in total. The number of ether oxygens (including phenoxy) is 1. The first-order valence-corrected chi connectivity index (χ1v) is 8.62. The van der Waals surface area contributed by atoms with E-state index in [2.05, 4.69) is 46.4 Å². The lowest BCUT2D eigenvalue weighted by Gasteiger charge is -2.21. The lowest BCUT2D eigenvalue weighted by molar-refractivity contribution is 0.0273. The quantitative estimate of drug-likeness (QED) is 0.733. The second-order valence-electron chi connectivity index (χ2n) is 5.74. The highest BCUT2D eigenvalue weighted by Gasteiger charge is 2.12. The second kappa shape index (κ2) is 8.81. The molecule has 2 rings (SSSR count). The summed E-state index contributed by atoms with van der Waals surface area (Å²) in [5, 5.41) is 3.49. The molecule has 0 unspecified atom stereocenters. The smallest absolute Gasteiger partial charge is 0.0575 e. The highest BCUT2D eigenvalue weighted by Crippen LogP contribution is 2.20. The Balaban J connectivity index is 1.53. The van der Waals surface area contributed by atoms with Gasteiger partial charge in [0.25, 0.3) is 0 Å². The van der Waals surface area contributed by atoms with Crippen molar-refractivity contribution in [3.8, 4) is 0 Å². The molecular weight excluding hydrogens is 314 g/mol. The highest BCUT2D eigenvalue weighted by molar-refractivity contribution is 9.10. The molecule has 0 saturated heterocycles. The minimum Gasteiger partial charge on any atom is -0.378 e. The molecule has 0 atom stereocenters. The number of nitrogens with one attached hydrogen (secondary N) is 1. The molecule has 1 fully saturated rings. The van der Waals surface area contributed by atoms with Gasteiger partial charge in [-0.1, -0.05) is 47.3 Å². The van der Waals surface area contributed by atoms with Gasteiger partial charge < -0.3 is 10.1 Å². The van der Waals surface area contributed by atoms with Crippen molar-refractivity contribution < 1.29 is 4.74 Å². The Bertz CT molecular complexity index is 402. The molecule has 1 aromatic rings. The molecule has 1 aromatic carbocycles. The van der Waals surface area contributed by atoms with Crippen molar-refractivity contribution in [2.24, 2.45) is 0 Å². The van der Waals surface area contributed by atoms with Crippen molar-refractivity contribution in [1.29, 1.82) is 0 Å². The molecule has 2 nitrogen and oxygen atoms in total. The van der Waals surface area contributed by atoms with Gasteiger partial charge in [-0.15, -0.1) is 0 Å². The predicted molar refractivity (Wildman–Crippen MR) is 88.0 cm³/mol. The zero-order chi connectivity index (χ0) is 14.2. The first-order chi connectivity index (χ1) is 9.75. The van der Waals surface area contributed by atoms with Crippen LogP contribution < -0.4 is 5.32 Å². The standard InChI is InChI=1S/C17H26BrNO/c1-14-8-9-15(12-17(14)18)13-19-10-5-11-20-16-6-3-2-4-7-16/h8-9,12,16,19H,2-7,10-11,13H2,1H3. The van der Waals surface area contributed by atoms with Crippen molar-refractivity contribution in [2.75, 3.05) is 13.2 Å². The van der Waals surface area contributed by atoms with Crippen LogP contribution in [-0.2, 0) is 11.3 Å². The molecule has 112 valence electrons. The second-order valence-corrected chi connectivity index (χ2v) is 6.60. The third-order valence-corrected chi connectivity index (χ3v) is 4.82. The van der Waals surface area contributed by atoms with Crippen molar-refractivity contribution >= 4 is 15.9 Å². The van der Waals surface area contributed by atoms with Gasteiger partial charge >= 0.3 is 0 Å². The molecule has 1 aliphatic rings. The highest BCUT2D eigenvalue weighted by atomic mass is 79.9. The SMILES string of the molecule is Cc1ccc(CNCCCOC2CCCCC2)cc1Br. The Hall–Kier alpha value is -0.380. The van der Waals surface area contributed by atoms with E-state index in [9.17, 15) is 0 Å². The molecule has 3 heteroatoms. The monoisotopic (exact) mass is 339 g/mol. The average Bonchev–Trinajstić information content (AvgIpc) is 2.47. The fourth-order valence-corrected chi connectivity index (χ4v) is 3.08. The fraction of sp³-hybridized carbons (Fsp3) is 0.647. The predicted octanol–water partition coefficient (Wildman–Crippen LogP) is 4.59. The summed E-state index contributed by atoms with van der Waals surface area (Å²) in [6, 6.07) is 6.54. The molecule has 0 bridgehead atoms. The minimum atomic E-state index is 0.539. The summed E-state index contributed by atoms with van der Waals surface area (Å²) in [6.45, 7) is 4.97. The van der Waals surface area contributed by atoms with Gasteiger partial charge in [0, 0.05) is 17.6 Å². The van der Waals surface area contributed by atoms with Crippen molar-refractivity contribution in [2.45, 2.75) is 58.1 Å². The molecule has 0 aromatic heterocycles. The number of hydrogen-bond donors (Lipinski definition) is 1. The molecule has 0 spiro atoms.